The summed E-state index contributed by atoms with van der Waals surface area (Å²) in [6.07, 6.45) is 0. The van der Waals surface area contributed by atoms with Crippen LogP contribution in [0.4, 0.5) is 17.1 Å². The summed E-state index contributed by atoms with van der Waals surface area (Å²) >= 11 is 5.20. The molecule has 0 saturated carbocycles. The number of rotatable bonds is 4. The van der Waals surface area contributed by atoms with E-state index < -0.39 is 4.92 Å². The number of hydrogen-bond acceptors (Lipinski definition) is 4. The van der Waals surface area contributed by atoms with Crippen molar-refractivity contribution < 1.29 is 4.92 Å². The van der Waals surface area contributed by atoms with E-state index in [0.29, 0.717) is 10.8 Å². The van der Waals surface area contributed by atoms with Crippen LogP contribution < -0.4 is 15.8 Å². The van der Waals surface area contributed by atoms with Crippen molar-refractivity contribution in [1.82, 2.24) is 5.43 Å². The zero-order chi connectivity index (χ0) is 15.2. The highest BCUT2D eigenvalue weighted by Crippen LogP contribution is 2.15. The van der Waals surface area contributed by atoms with Gasteiger partial charge >= 0.3 is 0 Å². The molecule has 0 aromatic heterocycles. The Morgan fingerprint density at radius 1 is 1.14 bits per heavy atom. The van der Waals surface area contributed by atoms with Gasteiger partial charge in [-0.05, 0) is 36.5 Å². The van der Waals surface area contributed by atoms with Crippen LogP contribution >= 0.6 is 12.2 Å². The average Bonchev–Trinajstić information content (AvgIpc) is 2.48. The summed E-state index contributed by atoms with van der Waals surface area (Å²) in [5, 5.41) is 15.7. The first-order valence-corrected chi connectivity index (χ1v) is 6.58. The molecule has 0 aliphatic rings. The minimum Gasteiger partial charge on any atom is -0.331 e. The van der Waals surface area contributed by atoms with Crippen LogP contribution in [0.1, 0.15) is 0 Å². The smallest absolute Gasteiger partial charge is 0.269 e. The van der Waals surface area contributed by atoms with E-state index in [4.69, 9.17) is 12.2 Å². The largest absolute Gasteiger partial charge is 0.331 e. The van der Waals surface area contributed by atoms with Gasteiger partial charge < -0.3 is 5.32 Å². The lowest BCUT2D eigenvalue weighted by Gasteiger charge is -2.22. The lowest BCUT2D eigenvalue weighted by atomic mass is 10.3. The van der Waals surface area contributed by atoms with E-state index in [9.17, 15) is 10.1 Å². The first kappa shape index (κ1) is 14.7. The number of thiocarbonyl (C=S) groups is 1. The second kappa shape index (κ2) is 6.67. The zero-order valence-electron chi connectivity index (χ0n) is 11.3. The number of hydrogen-bond donors (Lipinski definition) is 2. The fraction of sp³-hybridized carbons (Fsp3) is 0.0714. The molecule has 2 rings (SSSR count). The van der Waals surface area contributed by atoms with Gasteiger partial charge in [-0.2, -0.15) is 0 Å². The van der Waals surface area contributed by atoms with Crippen molar-refractivity contribution in [2.24, 2.45) is 0 Å². The van der Waals surface area contributed by atoms with Gasteiger partial charge in [-0.15, -0.1) is 0 Å². The van der Waals surface area contributed by atoms with Crippen LogP contribution in [0.25, 0.3) is 0 Å². The molecule has 2 aromatic carbocycles. The van der Waals surface area contributed by atoms with Crippen LogP contribution in [0.3, 0.4) is 0 Å². The molecule has 0 radical (unpaired) electrons. The number of nitrogens with zero attached hydrogens (tertiary/aromatic N) is 2. The standard InChI is InChI=1S/C14H14N4O2S/c1-17(12-5-3-2-4-6-12)16-14(21)15-11-7-9-13(10-8-11)18(19)20/h2-10H,1H3,(H2,15,16,21). The Hall–Kier alpha value is -2.67. The third-order valence-electron chi connectivity index (χ3n) is 2.75. The summed E-state index contributed by atoms with van der Waals surface area (Å²) in [6, 6.07) is 15.7. The van der Waals surface area contributed by atoms with Crippen LogP contribution in [0, 0.1) is 10.1 Å². The molecule has 0 aliphatic heterocycles. The molecule has 0 bridgehead atoms. The molecule has 2 aromatic rings. The van der Waals surface area contributed by atoms with Crippen molar-refractivity contribution in [1.29, 1.82) is 0 Å². The molecule has 0 spiro atoms. The van der Waals surface area contributed by atoms with Crippen LogP contribution in [-0.4, -0.2) is 17.1 Å². The van der Waals surface area contributed by atoms with Crippen LogP contribution in [0.15, 0.2) is 54.6 Å². The Bertz CT molecular complexity index is 631. The topological polar surface area (TPSA) is 70.4 Å². The van der Waals surface area contributed by atoms with E-state index in [1.165, 1.54) is 12.1 Å². The number of benzene rings is 2. The molecular weight excluding hydrogens is 288 g/mol. The van der Waals surface area contributed by atoms with Crippen molar-refractivity contribution in [3.05, 3.63) is 64.7 Å². The van der Waals surface area contributed by atoms with E-state index in [1.807, 2.05) is 37.4 Å². The fourth-order valence-electron chi connectivity index (χ4n) is 1.69. The van der Waals surface area contributed by atoms with Crippen molar-refractivity contribution in [2.75, 3.05) is 17.4 Å². The summed E-state index contributed by atoms with van der Waals surface area (Å²) in [6.45, 7) is 0. The summed E-state index contributed by atoms with van der Waals surface area (Å²) in [5.41, 5.74) is 4.69. The van der Waals surface area contributed by atoms with Crippen LogP contribution in [-0.2, 0) is 0 Å². The predicted octanol–water partition coefficient (Wildman–Crippen LogP) is 2.93. The third-order valence-corrected chi connectivity index (χ3v) is 2.94. The fourth-order valence-corrected chi connectivity index (χ4v) is 1.95. The number of anilines is 2. The molecule has 108 valence electrons. The minimum absolute atomic E-state index is 0.0424. The normalized spacial score (nSPS) is 9.76. The molecule has 7 heteroatoms. The number of nitro benzene ring substituents is 1. The lowest BCUT2D eigenvalue weighted by Crippen LogP contribution is -2.41. The Balaban J connectivity index is 1.94. The van der Waals surface area contributed by atoms with Gasteiger partial charge in [-0.25, -0.2) is 0 Å². The molecule has 0 saturated heterocycles. The summed E-state index contributed by atoms with van der Waals surface area (Å²) < 4.78 is 0. The highest BCUT2D eigenvalue weighted by Gasteiger charge is 2.06. The van der Waals surface area contributed by atoms with Crippen molar-refractivity contribution in [2.45, 2.75) is 0 Å². The Kier molecular flexibility index (Phi) is 4.68. The molecule has 0 unspecified atom stereocenters. The van der Waals surface area contributed by atoms with Gasteiger partial charge in [0, 0.05) is 24.9 Å². The summed E-state index contributed by atoms with van der Waals surface area (Å²) in [4.78, 5) is 10.1. The Morgan fingerprint density at radius 2 is 1.76 bits per heavy atom. The van der Waals surface area contributed by atoms with Gasteiger partial charge in [0.2, 0.25) is 0 Å². The molecule has 21 heavy (non-hydrogen) atoms. The maximum Gasteiger partial charge on any atom is 0.269 e. The molecule has 2 N–H and O–H groups in total. The first-order valence-electron chi connectivity index (χ1n) is 6.17. The van der Waals surface area contributed by atoms with Crippen LogP contribution in [0.2, 0.25) is 0 Å². The van der Waals surface area contributed by atoms with Crippen molar-refractivity contribution in [3.63, 3.8) is 0 Å². The average molecular weight is 302 g/mol. The van der Waals surface area contributed by atoms with Gasteiger partial charge in [0.05, 0.1) is 10.6 Å². The number of nitrogens with one attached hydrogen (secondary N) is 2. The van der Waals surface area contributed by atoms with Gasteiger partial charge in [0.1, 0.15) is 0 Å². The minimum atomic E-state index is -0.441. The Morgan fingerprint density at radius 3 is 2.33 bits per heavy atom. The molecule has 0 fully saturated rings. The first-order chi connectivity index (χ1) is 10.1. The van der Waals surface area contributed by atoms with Gasteiger partial charge in [-0.1, -0.05) is 18.2 Å². The molecule has 0 aliphatic carbocycles. The summed E-state index contributed by atoms with van der Waals surface area (Å²) in [7, 11) is 1.85. The highest BCUT2D eigenvalue weighted by atomic mass is 32.1. The van der Waals surface area contributed by atoms with E-state index in [2.05, 4.69) is 10.7 Å². The molecular formula is C14H14N4O2S. The second-order valence-electron chi connectivity index (χ2n) is 4.26. The van der Waals surface area contributed by atoms with E-state index in [-0.39, 0.29) is 5.69 Å². The van der Waals surface area contributed by atoms with Crippen LogP contribution in [0.5, 0.6) is 0 Å². The number of hydrazine groups is 1. The lowest BCUT2D eigenvalue weighted by molar-refractivity contribution is -0.384. The number of non-ortho nitro benzene ring substituents is 1. The predicted molar refractivity (Wildman–Crippen MR) is 87.3 cm³/mol. The zero-order valence-corrected chi connectivity index (χ0v) is 12.1. The maximum atomic E-state index is 10.6. The van der Waals surface area contributed by atoms with E-state index >= 15 is 0 Å². The van der Waals surface area contributed by atoms with Crippen molar-refractivity contribution >= 4 is 34.4 Å². The highest BCUT2D eigenvalue weighted by molar-refractivity contribution is 7.80. The molecule has 0 atom stereocenters. The summed E-state index contributed by atoms with van der Waals surface area (Å²) in [5.74, 6) is 0. The molecule has 0 heterocycles. The maximum absolute atomic E-state index is 10.6. The van der Waals surface area contributed by atoms with Gasteiger partial charge in [0.15, 0.2) is 5.11 Å². The number of para-hydroxylation sites is 1. The van der Waals surface area contributed by atoms with Gasteiger partial charge in [0.25, 0.3) is 5.69 Å². The third kappa shape index (κ3) is 4.15. The Labute approximate surface area is 127 Å². The quantitative estimate of drug-likeness (QED) is 0.514. The monoisotopic (exact) mass is 302 g/mol. The molecule has 6 nitrogen and oxygen atoms in total. The van der Waals surface area contributed by atoms with E-state index in [0.717, 1.165) is 5.69 Å². The molecule has 0 amide bonds. The number of nitro groups is 1. The van der Waals surface area contributed by atoms with Gasteiger partial charge in [-0.3, -0.25) is 20.5 Å². The van der Waals surface area contributed by atoms with Crippen molar-refractivity contribution in [3.8, 4) is 0 Å². The van der Waals surface area contributed by atoms with E-state index in [1.54, 1.807) is 17.1 Å². The second-order valence-corrected chi connectivity index (χ2v) is 4.67. The SMILES string of the molecule is CN(NC(=S)Nc1ccc([N+](=O)[O-])cc1)c1ccccc1.